The van der Waals surface area contributed by atoms with Crippen molar-refractivity contribution in [2.24, 2.45) is 0 Å². The highest BCUT2D eigenvalue weighted by molar-refractivity contribution is 7.93. The average Bonchev–Trinajstić information content (AvgIpc) is 3.42. The molecule has 4 rings (SSSR count). The molecule has 158 valence electrons. The third-order valence-corrected chi connectivity index (χ3v) is 7.28. The molecular formula is C18H19N5O5S2. The van der Waals surface area contributed by atoms with Crippen molar-refractivity contribution in [3.63, 3.8) is 0 Å². The lowest BCUT2D eigenvalue weighted by Gasteiger charge is -2.19. The summed E-state index contributed by atoms with van der Waals surface area (Å²) < 4.78 is 27.0. The largest absolute Gasteiger partial charge is 0.325 e. The summed E-state index contributed by atoms with van der Waals surface area (Å²) in [6.45, 7) is -0.405. The first-order valence-electron chi connectivity index (χ1n) is 9.25. The maximum atomic E-state index is 12.6. The van der Waals surface area contributed by atoms with E-state index in [9.17, 15) is 22.8 Å². The first kappa shape index (κ1) is 20.3. The third-order valence-electron chi connectivity index (χ3n) is 5.11. The number of carbonyl (C=O) groups is 3. The Morgan fingerprint density at radius 1 is 1.20 bits per heavy atom. The Morgan fingerprint density at radius 3 is 2.53 bits per heavy atom. The van der Waals surface area contributed by atoms with E-state index in [1.807, 2.05) is 0 Å². The van der Waals surface area contributed by atoms with Crippen molar-refractivity contribution in [3.05, 3.63) is 35.8 Å². The molecule has 0 unspecified atom stereocenters. The van der Waals surface area contributed by atoms with Crippen LogP contribution in [0.2, 0.25) is 0 Å². The van der Waals surface area contributed by atoms with Gasteiger partial charge in [0.25, 0.3) is 15.9 Å². The second-order valence-corrected chi connectivity index (χ2v) is 9.70. The predicted octanol–water partition coefficient (Wildman–Crippen LogP) is 1.75. The molecule has 12 heteroatoms. The quantitative estimate of drug-likeness (QED) is 0.575. The zero-order chi connectivity index (χ0) is 21.4. The van der Waals surface area contributed by atoms with E-state index in [0.717, 1.165) is 29.1 Å². The van der Waals surface area contributed by atoms with Crippen LogP contribution in [0.25, 0.3) is 0 Å². The van der Waals surface area contributed by atoms with Gasteiger partial charge in [-0.25, -0.2) is 18.2 Å². The van der Waals surface area contributed by atoms with Gasteiger partial charge in [0, 0.05) is 17.3 Å². The molecule has 1 saturated carbocycles. The molecule has 30 heavy (non-hydrogen) atoms. The van der Waals surface area contributed by atoms with E-state index >= 15 is 0 Å². The topological polar surface area (TPSA) is 138 Å². The highest BCUT2D eigenvalue weighted by atomic mass is 32.2. The van der Waals surface area contributed by atoms with Crippen molar-refractivity contribution in [2.45, 2.75) is 36.1 Å². The lowest BCUT2D eigenvalue weighted by Crippen LogP contribution is -2.44. The molecule has 2 fully saturated rings. The number of thiazole rings is 1. The minimum absolute atomic E-state index is 0.00738. The minimum Gasteiger partial charge on any atom is -0.325 e. The summed E-state index contributed by atoms with van der Waals surface area (Å²) in [4.78, 5) is 41.9. The van der Waals surface area contributed by atoms with Gasteiger partial charge in [-0.3, -0.25) is 19.2 Å². The molecule has 1 spiro atoms. The van der Waals surface area contributed by atoms with E-state index in [-0.39, 0.29) is 15.9 Å². The Bertz CT molecular complexity index is 1080. The van der Waals surface area contributed by atoms with Crippen LogP contribution in [0.5, 0.6) is 0 Å². The molecular weight excluding hydrogens is 430 g/mol. The fourth-order valence-electron chi connectivity index (χ4n) is 3.65. The molecule has 1 saturated heterocycles. The lowest BCUT2D eigenvalue weighted by atomic mass is 9.98. The zero-order valence-corrected chi connectivity index (χ0v) is 17.4. The Morgan fingerprint density at radius 2 is 1.90 bits per heavy atom. The Labute approximate surface area is 176 Å². The van der Waals surface area contributed by atoms with Gasteiger partial charge >= 0.3 is 6.03 Å². The standard InChI is InChI=1S/C18H19N5O5S2/c24-14(11-23-15(25)18(21-17(23)26)7-1-2-8-18)20-12-3-5-13(6-4-12)30(27,28)22-16-19-9-10-29-16/h3-6,9-10H,1-2,7-8,11H2,(H,19,22)(H,20,24)(H,21,26). The normalized spacial score (nSPS) is 17.9. The van der Waals surface area contributed by atoms with E-state index in [1.165, 1.54) is 30.5 Å². The average molecular weight is 450 g/mol. The van der Waals surface area contributed by atoms with E-state index in [1.54, 1.807) is 5.38 Å². The predicted molar refractivity (Wildman–Crippen MR) is 109 cm³/mol. The SMILES string of the molecule is O=C(CN1C(=O)NC2(CCCC2)C1=O)Nc1ccc(S(=O)(=O)Nc2nccs2)cc1. The molecule has 4 amide bonds. The van der Waals surface area contributed by atoms with E-state index in [0.29, 0.717) is 18.5 Å². The van der Waals surface area contributed by atoms with Gasteiger partial charge in [-0.05, 0) is 37.1 Å². The van der Waals surface area contributed by atoms with E-state index < -0.39 is 34.0 Å². The van der Waals surface area contributed by atoms with Crippen LogP contribution in [0.1, 0.15) is 25.7 Å². The number of nitrogens with zero attached hydrogens (tertiary/aromatic N) is 2. The van der Waals surface area contributed by atoms with Crippen molar-refractivity contribution >= 4 is 50.0 Å². The summed E-state index contributed by atoms with van der Waals surface area (Å²) in [5.74, 6) is -0.917. The molecule has 0 radical (unpaired) electrons. The monoisotopic (exact) mass is 449 g/mol. The Hall–Kier alpha value is -2.99. The number of rotatable bonds is 6. The van der Waals surface area contributed by atoms with E-state index in [2.05, 4.69) is 20.3 Å². The van der Waals surface area contributed by atoms with Crippen molar-refractivity contribution in [2.75, 3.05) is 16.6 Å². The summed E-state index contributed by atoms with van der Waals surface area (Å²) in [6, 6.07) is 4.98. The van der Waals surface area contributed by atoms with Gasteiger partial charge in [0.05, 0.1) is 4.90 Å². The molecule has 1 aliphatic heterocycles. The van der Waals surface area contributed by atoms with Gasteiger partial charge in [0.2, 0.25) is 5.91 Å². The summed E-state index contributed by atoms with van der Waals surface area (Å²) >= 11 is 1.16. The van der Waals surface area contributed by atoms with Crippen LogP contribution < -0.4 is 15.4 Å². The number of benzene rings is 1. The van der Waals surface area contributed by atoms with Gasteiger partial charge < -0.3 is 10.6 Å². The number of imide groups is 1. The van der Waals surface area contributed by atoms with Gasteiger partial charge in [-0.15, -0.1) is 11.3 Å². The molecule has 1 aliphatic carbocycles. The fraction of sp³-hybridized carbons (Fsp3) is 0.333. The minimum atomic E-state index is -3.80. The second kappa shape index (κ2) is 7.69. The van der Waals surface area contributed by atoms with Crippen molar-refractivity contribution in [1.82, 2.24) is 15.2 Å². The molecule has 0 atom stereocenters. The van der Waals surface area contributed by atoms with Crippen molar-refractivity contribution < 1.29 is 22.8 Å². The number of amides is 4. The maximum absolute atomic E-state index is 12.6. The first-order chi connectivity index (χ1) is 14.3. The van der Waals surface area contributed by atoms with Crippen LogP contribution in [-0.2, 0) is 19.6 Å². The highest BCUT2D eigenvalue weighted by Crippen LogP contribution is 2.34. The van der Waals surface area contributed by atoms with Crippen molar-refractivity contribution in [1.29, 1.82) is 0 Å². The number of urea groups is 1. The lowest BCUT2D eigenvalue weighted by molar-refractivity contribution is -0.133. The third kappa shape index (κ3) is 3.87. The number of carbonyl (C=O) groups excluding carboxylic acids is 3. The molecule has 10 nitrogen and oxygen atoms in total. The number of nitrogens with one attached hydrogen (secondary N) is 3. The van der Waals surface area contributed by atoms with Gasteiger partial charge in [-0.2, -0.15) is 0 Å². The smallest absolute Gasteiger partial charge is 0.325 e. The Balaban J connectivity index is 1.38. The highest BCUT2D eigenvalue weighted by Gasteiger charge is 2.52. The first-order valence-corrected chi connectivity index (χ1v) is 11.6. The van der Waals surface area contributed by atoms with Crippen LogP contribution in [-0.4, -0.2) is 48.2 Å². The van der Waals surface area contributed by atoms with Gasteiger partial charge in [-0.1, -0.05) is 12.8 Å². The number of sulfonamides is 1. The number of anilines is 2. The molecule has 1 aromatic heterocycles. The number of hydrogen-bond acceptors (Lipinski definition) is 7. The summed E-state index contributed by atoms with van der Waals surface area (Å²) in [7, 11) is -3.80. The second-order valence-electron chi connectivity index (χ2n) is 7.13. The Kier molecular flexibility index (Phi) is 5.20. The number of aromatic nitrogens is 1. The zero-order valence-electron chi connectivity index (χ0n) is 15.8. The maximum Gasteiger partial charge on any atom is 0.325 e. The summed E-state index contributed by atoms with van der Waals surface area (Å²) in [5.41, 5.74) is -0.520. The molecule has 2 heterocycles. The van der Waals surface area contributed by atoms with Crippen LogP contribution in [0.15, 0.2) is 40.7 Å². The van der Waals surface area contributed by atoms with Crippen LogP contribution in [0.3, 0.4) is 0 Å². The fourth-order valence-corrected chi connectivity index (χ4v) is 5.44. The van der Waals surface area contributed by atoms with Crippen LogP contribution in [0.4, 0.5) is 15.6 Å². The number of hydrogen-bond donors (Lipinski definition) is 3. The summed E-state index contributed by atoms with van der Waals surface area (Å²) in [5, 5.41) is 7.19. The summed E-state index contributed by atoms with van der Waals surface area (Å²) in [6.07, 6.45) is 4.37. The molecule has 1 aromatic carbocycles. The molecule has 3 N–H and O–H groups in total. The van der Waals surface area contributed by atoms with Crippen LogP contribution in [0, 0.1) is 0 Å². The van der Waals surface area contributed by atoms with Gasteiger partial charge in [0.1, 0.15) is 12.1 Å². The van der Waals surface area contributed by atoms with Gasteiger partial charge in [0.15, 0.2) is 5.13 Å². The molecule has 0 bridgehead atoms. The van der Waals surface area contributed by atoms with E-state index in [4.69, 9.17) is 0 Å². The van der Waals surface area contributed by atoms with Crippen molar-refractivity contribution in [3.8, 4) is 0 Å². The van der Waals surface area contributed by atoms with Crippen LogP contribution >= 0.6 is 11.3 Å². The molecule has 2 aromatic rings. The molecule has 2 aliphatic rings.